The fourth-order valence-corrected chi connectivity index (χ4v) is 7.16. The first kappa shape index (κ1) is 28.6. The van der Waals surface area contributed by atoms with Crippen LogP contribution in [0.1, 0.15) is 12.1 Å². The van der Waals surface area contributed by atoms with Crippen LogP contribution in [0.15, 0.2) is 71.8 Å². The van der Waals surface area contributed by atoms with Crippen molar-refractivity contribution in [3.05, 3.63) is 88.1 Å². The van der Waals surface area contributed by atoms with Gasteiger partial charge in [-0.1, -0.05) is 29.8 Å². The van der Waals surface area contributed by atoms with Gasteiger partial charge >= 0.3 is 0 Å². The molecule has 0 bridgehead atoms. The van der Waals surface area contributed by atoms with E-state index in [1.807, 2.05) is 48.5 Å². The number of hydrogen-bond donors (Lipinski definition) is 0. The van der Waals surface area contributed by atoms with Crippen LogP contribution in [0.25, 0.3) is 37.2 Å². The van der Waals surface area contributed by atoms with E-state index in [9.17, 15) is 4.79 Å². The smallest absolute Gasteiger partial charge is 0.275 e. The number of piperazine rings is 1. The van der Waals surface area contributed by atoms with Gasteiger partial charge in [-0.15, -0.1) is 11.3 Å². The van der Waals surface area contributed by atoms with Crippen molar-refractivity contribution in [2.45, 2.75) is 13.0 Å². The summed E-state index contributed by atoms with van der Waals surface area (Å²) in [6, 6.07) is 19.8. The number of hydrogen-bond acceptors (Lipinski definition) is 8. The predicted octanol–water partition coefficient (Wildman–Crippen LogP) is 5.16. The second-order valence-electron chi connectivity index (χ2n) is 11.4. The number of pyridine rings is 1. The zero-order valence-electron chi connectivity index (χ0n) is 24.1. The molecule has 8 nitrogen and oxygen atoms in total. The van der Waals surface area contributed by atoms with Crippen molar-refractivity contribution in [2.75, 3.05) is 65.6 Å². The summed E-state index contributed by atoms with van der Waals surface area (Å²) in [5.41, 5.74) is 4.46. The SMILES string of the molecule is O=c1c2sc(-c3ccc(Cl)cc3)cc2ncn1-c1ccc2nc(CN3CCN(CCCN4CCOCC4)CC3)ccc2c1. The molecule has 0 spiro atoms. The highest BCUT2D eigenvalue weighted by Gasteiger charge is 2.18. The standard InChI is InChI=1S/C33H35ClN6O2S/c34-26-5-2-24(3-6-26)31-21-30-32(43-31)33(41)40(23-35-30)28-8-9-29-25(20-28)4-7-27(36-29)22-39-14-12-37(13-15-39)10-1-11-38-16-18-42-19-17-38/h2-9,20-21,23H,1,10-19,22H2. The summed E-state index contributed by atoms with van der Waals surface area (Å²) in [6.45, 7) is 11.4. The number of morpholine rings is 1. The first-order valence-corrected chi connectivity index (χ1v) is 16.2. The van der Waals surface area contributed by atoms with E-state index in [1.54, 1.807) is 10.9 Å². The first-order chi connectivity index (χ1) is 21.1. The van der Waals surface area contributed by atoms with E-state index in [-0.39, 0.29) is 5.56 Å². The molecule has 0 N–H and O–H groups in total. The van der Waals surface area contributed by atoms with Gasteiger partial charge < -0.3 is 9.64 Å². The van der Waals surface area contributed by atoms with Crippen molar-refractivity contribution in [3.8, 4) is 16.1 Å². The maximum atomic E-state index is 13.5. The van der Waals surface area contributed by atoms with Gasteiger partial charge in [-0.2, -0.15) is 0 Å². The molecule has 0 saturated carbocycles. The van der Waals surface area contributed by atoms with Gasteiger partial charge in [0.05, 0.1) is 35.6 Å². The van der Waals surface area contributed by atoms with Crippen LogP contribution in [-0.4, -0.2) is 94.8 Å². The number of aromatic nitrogens is 3. The first-order valence-electron chi connectivity index (χ1n) is 15.0. The maximum absolute atomic E-state index is 13.5. The lowest BCUT2D eigenvalue weighted by Gasteiger charge is -2.35. The van der Waals surface area contributed by atoms with Gasteiger partial charge in [0, 0.05) is 61.1 Å². The molecule has 5 heterocycles. The third-order valence-electron chi connectivity index (χ3n) is 8.48. The molecule has 2 aliphatic heterocycles. The van der Waals surface area contributed by atoms with Crippen LogP contribution in [-0.2, 0) is 11.3 Å². The van der Waals surface area contributed by atoms with Crippen molar-refractivity contribution in [1.29, 1.82) is 0 Å². The van der Waals surface area contributed by atoms with Crippen LogP contribution < -0.4 is 5.56 Å². The zero-order chi connectivity index (χ0) is 29.2. The molecule has 222 valence electrons. The summed E-state index contributed by atoms with van der Waals surface area (Å²) in [5, 5.41) is 1.69. The molecule has 0 unspecified atom stereocenters. The molecular formula is C33H35ClN6O2S. The monoisotopic (exact) mass is 614 g/mol. The molecule has 5 aromatic rings. The lowest BCUT2D eigenvalue weighted by Crippen LogP contribution is -2.46. The number of benzene rings is 2. The fraction of sp³-hybridized carbons (Fsp3) is 0.364. The molecule has 0 amide bonds. The highest BCUT2D eigenvalue weighted by Crippen LogP contribution is 2.31. The molecule has 2 aliphatic rings. The van der Waals surface area contributed by atoms with Crippen molar-refractivity contribution in [2.24, 2.45) is 0 Å². The van der Waals surface area contributed by atoms with Crippen LogP contribution in [0.3, 0.4) is 0 Å². The molecule has 0 atom stereocenters. The zero-order valence-corrected chi connectivity index (χ0v) is 25.7. The van der Waals surface area contributed by atoms with Crippen molar-refractivity contribution in [3.63, 3.8) is 0 Å². The highest BCUT2D eigenvalue weighted by atomic mass is 35.5. The summed E-state index contributed by atoms with van der Waals surface area (Å²) >= 11 is 7.51. The summed E-state index contributed by atoms with van der Waals surface area (Å²) in [4.78, 5) is 31.6. The molecule has 7 rings (SSSR count). The van der Waals surface area contributed by atoms with E-state index < -0.39 is 0 Å². The third-order valence-corrected chi connectivity index (χ3v) is 9.89. The summed E-state index contributed by atoms with van der Waals surface area (Å²) in [5.74, 6) is 0. The molecule has 3 aromatic heterocycles. The summed E-state index contributed by atoms with van der Waals surface area (Å²) < 4.78 is 7.72. The van der Waals surface area contributed by atoms with Crippen LogP contribution in [0.2, 0.25) is 5.02 Å². The van der Waals surface area contributed by atoms with E-state index in [2.05, 4.69) is 31.8 Å². The van der Waals surface area contributed by atoms with Crippen LogP contribution >= 0.6 is 22.9 Å². The van der Waals surface area contributed by atoms with E-state index in [1.165, 1.54) is 30.8 Å². The van der Waals surface area contributed by atoms with E-state index in [0.29, 0.717) is 15.2 Å². The Morgan fingerprint density at radius 3 is 2.35 bits per heavy atom. The third kappa shape index (κ3) is 6.52. The van der Waals surface area contributed by atoms with E-state index >= 15 is 0 Å². The number of fused-ring (bicyclic) bond motifs is 2. The Labute approximate surface area is 260 Å². The average Bonchev–Trinajstić information content (AvgIpc) is 3.48. The normalized spacial score (nSPS) is 17.2. The number of thiophene rings is 1. The largest absolute Gasteiger partial charge is 0.379 e. The Balaban J connectivity index is 0.991. The summed E-state index contributed by atoms with van der Waals surface area (Å²) in [7, 11) is 0. The Hall–Kier alpha value is -3.18. The minimum atomic E-state index is -0.0700. The van der Waals surface area contributed by atoms with Crippen molar-refractivity contribution in [1.82, 2.24) is 29.2 Å². The Morgan fingerprint density at radius 2 is 1.56 bits per heavy atom. The maximum Gasteiger partial charge on any atom is 0.275 e. The second-order valence-corrected chi connectivity index (χ2v) is 12.8. The minimum Gasteiger partial charge on any atom is -0.379 e. The molecule has 0 radical (unpaired) electrons. The van der Waals surface area contributed by atoms with Gasteiger partial charge in [-0.3, -0.25) is 24.1 Å². The van der Waals surface area contributed by atoms with Crippen molar-refractivity contribution >= 4 is 44.1 Å². The molecule has 0 aliphatic carbocycles. The molecular weight excluding hydrogens is 580 g/mol. The van der Waals surface area contributed by atoms with Gasteiger partial charge in [0.15, 0.2) is 0 Å². The second kappa shape index (κ2) is 12.8. The van der Waals surface area contributed by atoms with Gasteiger partial charge in [0.25, 0.3) is 5.56 Å². The van der Waals surface area contributed by atoms with E-state index in [0.717, 1.165) is 91.8 Å². The Kier molecular flexibility index (Phi) is 8.52. The molecule has 2 aromatic carbocycles. The quantitative estimate of drug-likeness (QED) is 0.239. The Bertz CT molecular complexity index is 1770. The lowest BCUT2D eigenvalue weighted by atomic mass is 10.1. The predicted molar refractivity (Wildman–Crippen MR) is 175 cm³/mol. The topological polar surface area (TPSA) is 66.7 Å². The van der Waals surface area contributed by atoms with Gasteiger partial charge in [0.2, 0.25) is 0 Å². The van der Waals surface area contributed by atoms with Gasteiger partial charge in [-0.25, -0.2) is 4.98 Å². The van der Waals surface area contributed by atoms with Crippen LogP contribution in [0, 0.1) is 0 Å². The number of ether oxygens (including phenoxy) is 1. The van der Waals surface area contributed by atoms with Crippen molar-refractivity contribution < 1.29 is 4.74 Å². The summed E-state index contributed by atoms with van der Waals surface area (Å²) in [6.07, 6.45) is 2.84. The number of nitrogens with zero attached hydrogens (tertiary/aromatic N) is 6. The number of rotatable bonds is 8. The molecule has 10 heteroatoms. The highest BCUT2D eigenvalue weighted by molar-refractivity contribution is 7.22. The fourth-order valence-electron chi connectivity index (χ4n) is 5.99. The van der Waals surface area contributed by atoms with Crippen LogP contribution in [0.4, 0.5) is 0 Å². The lowest BCUT2D eigenvalue weighted by molar-refractivity contribution is 0.0350. The molecule has 2 saturated heterocycles. The van der Waals surface area contributed by atoms with E-state index in [4.69, 9.17) is 21.3 Å². The molecule has 2 fully saturated rings. The Morgan fingerprint density at radius 1 is 0.814 bits per heavy atom. The number of halogens is 1. The minimum absolute atomic E-state index is 0.0700. The van der Waals surface area contributed by atoms with Gasteiger partial charge in [0.1, 0.15) is 11.0 Å². The average molecular weight is 615 g/mol. The molecule has 43 heavy (non-hydrogen) atoms. The van der Waals surface area contributed by atoms with Crippen LogP contribution in [0.5, 0.6) is 0 Å². The van der Waals surface area contributed by atoms with Gasteiger partial charge in [-0.05, 0) is 67.5 Å².